The third kappa shape index (κ3) is 3.20. The first-order chi connectivity index (χ1) is 12.0. The minimum Gasteiger partial charge on any atom is -0.383 e. The van der Waals surface area contributed by atoms with Crippen molar-refractivity contribution in [2.24, 2.45) is 5.10 Å². The molecule has 7 heteroatoms. The molecule has 7 nitrogen and oxygen atoms in total. The van der Waals surface area contributed by atoms with Crippen molar-refractivity contribution in [2.75, 3.05) is 13.7 Å². The number of ether oxygens (including phenoxy) is 1. The lowest BCUT2D eigenvalue weighted by Gasteiger charge is -2.29. The van der Waals surface area contributed by atoms with Crippen molar-refractivity contribution < 1.29 is 14.3 Å². The Morgan fingerprint density at radius 2 is 2.00 bits per heavy atom. The number of nitrogens with one attached hydrogen (secondary N) is 1. The SMILES string of the molecule is COCCn1c(C)cc(C=NN2C(=O)NC3(CCCCC3)C2=O)c1C. The van der Waals surface area contributed by atoms with Gasteiger partial charge in [0.05, 0.1) is 12.8 Å². The summed E-state index contributed by atoms with van der Waals surface area (Å²) in [5.41, 5.74) is 2.30. The topological polar surface area (TPSA) is 75.9 Å². The molecule has 1 aromatic heterocycles. The summed E-state index contributed by atoms with van der Waals surface area (Å²) in [7, 11) is 1.68. The van der Waals surface area contributed by atoms with Gasteiger partial charge in [-0.3, -0.25) is 4.79 Å². The van der Waals surface area contributed by atoms with Crippen LogP contribution in [-0.4, -0.2) is 47.0 Å². The lowest BCUT2D eigenvalue weighted by atomic mass is 9.82. The van der Waals surface area contributed by atoms with Gasteiger partial charge in [0.25, 0.3) is 5.91 Å². The maximum Gasteiger partial charge on any atom is 0.346 e. The van der Waals surface area contributed by atoms with Crippen molar-refractivity contribution in [3.63, 3.8) is 0 Å². The smallest absolute Gasteiger partial charge is 0.346 e. The average molecular weight is 346 g/mol. The molecule has 0 unspecified atom stereocenters. The normalized spacial score (nSPS) is 20.0. The van der Waals surface area contributed by atoms with Gasteiger partial charge < -0.3 is 14.6 Å². The van der Waals surface area contributed by atoms with E-state index in [2.05, 4.69) is 15.0 Å². The van der Waals surface area contributed by atoms with E-state index in [1.807, 2.05) is 19.9 Å². The second-order valence-electron chi connectivity index (χ2n) is 6.91. The van der Waals surface area contributed by atoms with E-state index < -0.39 is 11.6 Å². The molecule has 2 aliphatic rings. The van der Waals surface area contributed by atoms with Crippen molar-refractivity contribution in [1.29, 1.82) is 0 Å². The predicted molar refractivity (Wildman–Crippen MR) is 94.6 cm³/mol. The van der Waals surface area contributed by atoms with Gasteiger partial charge in [-0.15, -0.1) is 5.01 Å². The number of nitrogens with zero attached hydrogens (tertiary/aromatic N) is 3. The number of aromatic nitrogens is 1. The molecular weight excluding hydrogens is 320 g/mol. The summed E-state index contributed by atoms with van der Waals surface area (Å²) in [6, 6.07) is 1.58. The summed E-state index contributed by atoms with van der Waals surface area (Å²) in [6.45, 7) is 5.40. The maximum absolute atomic E-state index is 12.7. The number of rotatable bonds is 5. The van der Waals surface area contributed by atoms with Gasteiger partial charge in [-0.2, -0.15) is 5.10 Å². The van der Waals surface area contributed by atoms with Gasteiger partial charge in [0.1, 0.15) is 5.54 Å². The monoisotopic (exact) mass is 346 g/mol. The van der Waals surface area contributed by atoms with Gasteiger partial charge in [-0.25, -0.2) is 4.79 Å². The molecule has 136 valence electrons. The summed E-state index contributed by atoms with van der Waals surface area (Å²) in [5.74, 6) is -0.221. The Labute approximate surface area is 148 Å². The number of carbonyl (C=O) groups is 2. The number of aryl methyl sites for hydroxylation is 1. The first kappa shape index (κ1) is 17.7. The van der Waals surface area contributed by atoms with Crippen molar-refractivity contribution in [1.82, 2.24) is 14.9 Å². The standard InChI is InChI=1S/C18H26N4O3/c1-13-11-15(14(2)21(13)9-10-25-3)12-19-22-16(23)18(20-17(22)24)7-5-4-6-8-18/h11-12H,4-10H2,1-3H3,(H,20,24). The largest absolute Gasteiger partial charge is 0.383 e. The molecule has 0 aromatic carbocycles. The first-order valence-corrected chi connectivity index (χ1v) is 8.85. The minimum atomic E-state index is -0.734. The predicted octanol–water partition coefficient (Wildman–Crippen LogP) is 2.34. The number of methoxy groups -OCH3 is 1. The lowest BCUT2D eigenvalue weighted by Crippen LogP contribution is -2.48. The Kier molecular flexibility index (Phi) is 4.94. The van der Waals surface area contributed by atoms with Crippen molar-refractivity contribution in [3.05, 3.63) is 23.0 Å². The van der Waals surface area contributed by atoms with E-state index in [4.69, 9.17) is 4.74 Å². The molecule has 0 bridgehead atoms. The summed E-state index contributed by atoms with van der Waals surface area (Å²) >= 11 is 0. The fourth-order valence-corrected chi connectivity index (χ4v) is 3.81. The zero-order valence-electron chi connectivity index (χ0n) is 15.2. The van der Waals surface area contributed by atoms with Crippen LogP contribution in [0.3, 0.4) is 0 Å². The number of carbonyl (C=O) groups excluding carboxylic acids is 2. The van der Waals surface area contributed by atoms with Gasteiger partial charge in [0, 0.05) is 30.6 Å². The third-order valence-corrected chi connectivity index (χ3v) is 5.29. The van der Waals surface area contributed by atoms with Crippen molar-refractivity contribution >= 4 is 18.2 Å². The number of amides is 3. The average Bonchev–Trinajstić information content (AvgIpc) is 2.99. The summed E-state index contributed by atoms with van der Waals surface area (Å²) < 4.78 is 7.28. The van der Waals surface area contributed by atoms with E-state index in [1.165, 1.54) is 0 Å². The Balaban J connectivity index is 1.78. The van der Waals surface area contributed by atoms with E-state index in [-0.39, 0.29) is 5.91 Å². The van der Waals surface area contributed by atoms with E-state index in [9.17, 15) is 9.59 Å². The highest BCUT2D eigenvalue weighted by molar-refractivity contribution is 6.07. The zero-order chi connectivity index (χ0) is 18.0. The van der Waals surface area contributed by atoms with Crippen LogP contribution in [0.5, 0.6) is 0 Å². The van der Waals surface area contributed by atoms with Crippen LogP contribution < -0.4 is 5.32 Å². The molecule has 2 heterocycles. The number of hydrogen-bond acceptors (Lipinski definition) is 4. The van der Waals surface area contributed by atoms with Gasteiger partial charge >= 0.3 is 6.03 Å². The minimum absolute atomic E-state index is 0.221. The highest BCUT2D eigenvalue weighted by Crippen LogP contribution is 2.33. The van der Waals surface area contributed by atoms with Gasteiger partial charge in [-0.1, -0.05) is 19.3 Å². The van der Waals surface area contributed by atoms with Crippen LogP contribution in [0.4, 0.5) is 4.79 Å². The molecule has 3 rings (SSSR count). The fraction of sp³-hybridized carbons (Fsp3) is 0.611. The fourth-order valence-electron chi connectivity index (χ4n) is 3.81. The molecule has 1 spiro atoms. The molecule has 1 aliphatic carbocycles. The van der Waals surface area contributed by atoms with Crippen LogP contribution in [-0.2, 0) is 16.1 Å². The van der Waals surface area contributed by atoms with Gasteiger partial charge in [0.15, 0.2) is 0 Å². The van der Waals surface area contributed by atoms with Crippen molar-refractivity contribution in [2.45, 2.75) is 58.0 Å². The molecule has 1 N–H and O–H groups in total. The Morgan fingerprint density at radius 1 is 1.28 bits per heavy atom. The van der Waals surface area contributed by atoms with Crippen LogP contribution in [0.15, 0.2) is 11.2 Å². The molecule has 1 aliphatic heterocycles. The molecule has 0 atom stereocenters. The van der Waals surface area contributed by atoms with Crippen LogP contribution in [0, 0.1) is 13.8 Å². The second-order valence-corrected chi connectivity index (χ2v) is 6.91. The summed E-state index contributed by atoms with van der Waals surface area (Å²) in [4.78, 5) is 25.0. The molecule has 0 radical (unpaired) electrons. The van der Waals surface area contributed by atoms with Crippen molar-refractivity contribution in [3.8, 4) is 0 Å². The van der Waals surface area contributed by atoms with E-state index in [0.717, 1.165) is 47.8 Å². The molecule has 1 saturated carbocycles. The summed E-state index contributed by atoms with van der Waals surface area (Å²) in [5, 5.41) is 8.06. The third-order valence-electron chi connectivity index (χ3n) is 5.29. The van der Waals surface area contributed by atoms with Crippen LogP contribution >= 0.6 is 0 Å². The molecule has 3 amide bonds. The van der Waals surface area contributed by atoms with Crippen LogP contribution in [0.25, 0.3) is 0 Å². The number of urea groups is 1. The first-order valence-electron chi connectivity index (χ1n) is 8.85. The maximum atomic E-state index is 12.7. The zero-order valence-corrected chi connectivity index (χ0v) is 15.2. The highest BCUT2D eigenvalue weighted by Gasteiger charge is 2.51. The lowest BCUT2D eigenvalue weighted by molar-refractivity contribution is -0.132. The van der Waals surface area contributed by atoms with E-state index in [0.29, 0.717) is 19.4 Å². The second kappa shape index (κ2) is 7.00. The Hall–Kier alpha value is -2.15. The Bertz CT molecular complexity index is 701. The molecule has 25 heavy (non-hydrogen) atoms. The number of hydrazone groups is 1. The van der Waals surface area contributed by atoms with E-state index in [1.54, 1.807) is 13.3 Å². The van der Waals surface area contributed by atoms with E-state index >= 15 is 0 Å². The molecule has 1 aromatic rings. The summed E-state index contributed by atoms with van der Waals surface area (Å²) in [6.07, 6.45) is 6.05. The van der Waals surface area contributed by atoms with Crippen LogP contribution in [0.2, 0.25) is 0 Å². The Morgan fingerprint density at radius 3 is 2.68 bits per heavy atom. The molecular formula is C18H26N4O3. The van der Waals surface area contributed by atoms with Gasteiger partial charge in [-0.05, 0) is 32.8 Å². The number of hydrogen-bond donors (Lipinski definition) is 1. The molecule has 1 saturated heterocycles. The highest BCUT2D eigenvalue weighted by atomic mass is 16.5. The quantitative estimate of drug-likeness (QED) is 0.657. The van der Waals surface area contributed by atoms with Gasteiger partial charge in [0.2, 0.25) is 0 Å². The number of imide groups is 1. The molecule has 2 fully saturated rings. The van der Waals surface area contributed by atoms with Crippen LogP contribution in [0.1, 0.15) is 49.1 Å².